The second-order valence-corrected chi connectivity index (χ2v) is 14.6. The molecule has 11 aromatic rings. The first-order valence-corrected chi connectivity index (χ1v) is 18.8. The highest BCUT2D eigenvalue weighted by Gasteiger charge is 2.26. The molecule has 11 rings (SSSR count). The van der Waals surface area contributed by atoms with E-state index in [1.165, 1.54) is 31.3 Å². The van der Waals surface area contributed by atoms with E-state index in [9.17, 15) is 0 Å². The molecule has 8 aromatic carbocycles. The molecule has 254 valence electrons. The lowest BCUT2D eigenvalue weighted by atomic mass is 9.99. The smallest absolute Gasteiger partial charge is 0.227 e. The van der Waals surface area contributed by atoms with Crippen LogP contribution in [-0.4, -0.2) is 4.98 Å². The van der Waals surface area contributed by atoms with Crippen LogP contribution in [-0.2, 0) is 0 Å². The molecule has 0 atom stereocenters. The summed E-state index contributed by atoms with van der Waals surface area (Å²) in [7, 11) is 0. The Hall–Kier alpha value is -6.95. The van der Waals surface area contributed by atoms with Crippen molar-refractivity contribution in [3.63, 3.8) is 0 Å². The van der Waals surface area contributed by atoms with Crippen molar-refractivity contribution in [2.75, 3.05) is 4.90 Å². The first-order valence-electron chi connectivity index (χ1n) is 18.0. The zero-order valence-electron chi connectivity index (χ0n) is 28.9. The van der Waals surface area contributed by atoms with Crippen LogP contribution in [0.5, 0.6) is 0 Å². The number of fused-ring (bicyclic) bond motifs is 7. The van der Waals surface area contributed by atoms with Crippen LogP contribution in [0.4, 0.5) is 17.1 Å². The number of hydrogen-bond donors (Lipinski definition) is 0. The van der Waals surface area contributed by atoms with Crippen molar-refractivity contribution in [3.8, 4) is 33.7 Å². The monoisotopic (exact) mass is 710 g/mol. The van der Waals surface area contributed by atoms with Gasteiger partial charge < -0.3 is 13.7 Å². The number of hydrogen-bond acceptors (Lipinski definition) is 5. The normalized spacial score (nSPS) is 11.7. The Morgan fingerprint density at radius 1 is 0.444 bits per heavy atom. The molecule has 5 heteroatoms. The van der Waals surface area contributed by atoms with Crippen molar-refractivity contribution in [1.82, 2.24) is 4.98 Å². The van der Waals surface area contributed by atoms with Crippen molar-refractivity contribution < 1.29 is 8.83 Å². The molecule has 4 nitrogen and oxygen atoms in total. The Balaban J connectivity index is 1.15. The van der Waals surface area contributed by atoms with E-state index in [0.717, 1.165) is 61.2 Å². The summed E-state index contributed by atoms with van der Waals surface area (Å²) >= 11 is 1.84. The summed E-state index contributed by atoms with van der Waals surface area (Å²) in [6, 6.07) is 63.7. The van der Waals surface area contributed by atoms with E-state index in [-0.39, 0.29) is 0 Å². The highest BCUT2D eigenvalue weighted by Crippen LogP contribution is 2.48. The zero-order chi connectivity index (χ0) is 35.6. The summed E-state index contributed by atoms with van der Waals surface area (Å²) < 4.78 is 15.9. The fourth-order valence-electron chi connectivity index (χ4n) is 7.78. The van der Waals surface area contributed by atoms with Crippen LogP contribution in [0, 0.1) is 0 Å². The molecule has 0 unspecified atom stereocenters. The van der Waals surface area contributed by atoms with Gasteiger partial charge in [-0.15, -0.1) is 11.3 Å². The molecular weight excluding hydrogens is 681 g/mol. The van der Waals surface area contributed by atoms with Gasteiger partial charge in [0.15, 0.2) is 11.2 Å². The molecule has 3 aromatic heterocycles. The number of anilines is 3. The Bertz CT molecular complexity index is 3140. The van der Waals surface area contributed by atoms with Gasteiger partial charge >= 0.3 is 0 Å². The Morgan fingerprint density at radius 3 is 1.81 bits per heavy atom. The van der Waals surface area contributed by atoms with Crippen molar-refractivity contribution >= 4 is 81.6 Å². The molecule has 3 heterocycles. The van der Waals surface area contributed by atoms with Crippen LogP contribution < -0.4 is 4.90 Å². The summed E-state index contributed by atoms with van der Waals surface area (Å²) in [6.07, 6.45) is 0. The first kappa shape index (κ1) is 30.7. The van der Waals surface area contributed by atoms with Gasteiger partial charge in [-0.05, 0) is 82.9 Å². The fraction of sp³-hybridized carbons (Fsp3) is 0. The molecular formula is C49H30N2O2S. The van der Waals surface area contributed by atoms with Crippen LogP contribution in [0.1, 0.15) is 0 Å². The van der Waals surface area contributed by atoms with Gasteiger partial charge in [0.25, 0.3) is 0 Å². The average Bonchev–Trinajstić information content (AvgIpc) is 3.95. The van der Waals surface area contributed by atoms with Crippen LogP contribution in [0.3, 0.4) is 0 Å². The molecule has 54 heavy (non-hydrogen) atoms. The van der Waals surface area contributed by atoms with Crippen LogP contribution in [0.2, 0.25) is 0 Å². The molecule has 0 bridgehead atoms. The van der Waals surface area contributed by atoms with E-state index in [0.29, 0.717) is 11.5 Å². The van der Waals surface area contributed by atoms with Gasteiger partial charge in [0, 0.05) is 47.9 Å². The van der Waals surface area contributed by atoms with E-state index in [2.05, 4.69) is 132 Å². The fourth-order valence-corrected chi connectivity index (χ4v) is 8.91. The molecule has 0 spiro atoms. The van der Waals surface area contributed by atoms with Crippen LogP contribution in [0.25, 0.3) is 86.9 Å². The van der Waals surface area contributed by atoms with E-state index in [4.69, 9.17) is 13.8 Å². The molecule has 0 aliphatic carbocycles. The third kappa shape index (κ3) is 4.94. The summed E-state index contributed by atoms with van der Waals surface area (Å²) in [5.41, 5.74) is 11.4. The lowest BCUT2D eigenvalue weighted by Gasteiger charge is -2.26. The second-order valence-electron chi connectivity index (χ2n) is 13.5. The topological polar surface area (TPSA) is 42.4 Å². The molecule has 0 saturated heterocycles. The maximum absolute atomic E-state index is 6.77. The summed E-state index contributed by atoms with van der Waals surface area (Å²) in [6.45, 7) is 0. The Kier molecular flexibility index (Phi) is 7.00. The second kappa shape index (κ2) is 12.3. The number of benzene rings is 8. The minimum atomic E-state index is 0.564. The highest BCUT2D eigenvalue weighted by atomic mass is 32.1. The third-order valence-corrected chi connectivity index (χ3v) is 11.5. The molecule has 0 aliphatic rings. The SMILES string of the molecule is c1ccc(-c2ccc(N(c3ccc(-c4cccc5sc6ccccc6c45)cc3)c3c4nc(-c5ccccc5)oc4cc4c3oc3ccccc34)cc2)cc1. The van der Waals surface area contributed by atoms with Crippen molar-refractivity contribution in [2.45, 2.75) is 0 Å². The van der Waals surface area contributed by atoms with E-state index >= 15 is 0 Å². The average molecular weight is 711 g/mol. The standard InChI is InChI=1S/C49H30N2O2S/c1-3-12-31(13-4-1)32-22-26-35(27-23-32)51(36-28-24-33(25-29-36)37-18-11-21-44-45(37)39-17-8-10-20-43(39)54-44)47-46-42(53-49(50-46)34-14-5-2-6-15-34)30-40-38-16-7-9-19-41(38)52-48(40)47/h1-30H. The van der Waals surface area contributed by atoms with Gasteiger partial charge in [0.2, 0.25) is 5.89 Å². The molecule has 0 amide bonds. The molecule has 0 fully saturated rings. The maximum Gasteiger partial charge on any atom is 0.227 e. The van der Waals surface area contributed by atoms with E-state index in [1.807, 2.05) is 65.9 Å². The zero-order valence-corrected chi connectivity index (χ0v) is 29.8. The van der Waals surface area contributed by atoms with E-state index < -0.39 is 0 Å². The lowest BCUT2D eigenvalue weighted by Crippen LogP contribution is -2.11. The minimum Gasteiger partial charge on any atom is -0.454 e. The maximum atomic E-state index is 6.77. The van der Waals surface area contributed by atoms with Gasteiger partial charge in [0.1, 0.15) is 16.8 Å². The molecule has 0 saturated carbocycles. The highest BCUT2D eigenvalue weighted by molar-refractivity contribution is 7.25. The largest absolute Gasteiger partial charge is 0.454 e. The summed E-state index contributed by atoms with van der Waals surface area (Å²) in [5, 5.41) is 4.59. The van der Waals surface area contributed by atoms with Gasteiger partial charge in [-0.25, -0.2) is 4.98 Å². The number of aromatic nitrogens is 1. The molecule has 0 N–H and O–H groups in total. The molecule has 0 aliphatic heterocycles. The molecule has 0 radical (unpaired) electrons. The van der Waals surface area contributed by atoms with Gasteiger partial charge in [-0.2, -0.15) is 0 Å². The summed E-state index contributed by atoms with van der Waals surface area (Å²) in [4.78, 5) is 7.46. The Morgan fingerprint density at radius 2 is 1.06 bits per heavy atom. The number of para-hydroxylation sites is 1. The number of thiophene rings is 1. The number of rotatable bonds is 6. The van der Waals surface area contributed by atoms with E-state index in [1.54, 1.807) is 0 Å². The predicted octanol–water partition coefficient (Wildman–Crippen LogP) is 14.6. The minimum absolute atomic E-state index is 0.564. The number of nitrogens with zero attached hydrogens (tertiary/aromatic N) is 2. The Labute approximate surface area is 314 Å². The van der Waals surface area contributed by atoms with Crippen LogP contribution in [0.15, 0.2) is 191 Å². The first-order chi connectivity index (χ1) is 26.8. The van der Waals surface area contributed by atoms with Crippen molar-refractivity contribution in [2.24, 2.45) is 0 Å². The summed E-state index contributed by atoms with van der Waals surface area (Å²) in [5.74, 6) is 0.564. The van der Waals surface area contributed by atoms with Crippen LogP contribution >= 0.6 is 11.3 Å². The van der Waals surface area contributed by atoms with Gasteiger partial charge in [-0.1, -0.05) is 121 Å². The van der Waals surface area contributed by atoms with Gasteiger partial charge in [0.05, 0.1) is 0 Å². The van der Waals surface area contributed by atoms with Crippen molar-refractivity contribution in [3.05, 3.63) is 182 Å². The van der Waals surface area contributed by atoms with Crippen molar-refractivity contribution in [1.29, 1.82) is 0 Å². The predicted molar refractivity (Wildman–Crippen MR) is 225 cm³/mol. The number of furan rings is 1. The lowest BCUT2D eigenvalue weighted by molar-refractivity contribution is 0.620. The quantitative estimate of drug-likeness (QED) is 0.172. The number of oxazole rings is 1. The van der Waals surface area contributed by atoms with Gasteiger partial charge in [-0.3, -0.25) is 0 Å². The third-order valence-electron chi connectivity index (χ3n) is 10.3.